The maximum absolute atomic E-state index is 12.8. The van der Waals surface area contributed by atoms with E-state index in [0.717, 1.165) is 122 Å². The zero-order valence-electron chi connectivity index (χ0n) is 50.4. The van der Waals surface area contributed by atoms with Gasteiger partial charge < -0.3 is 14.2 Å². The van der Waals surface area contributed by atoms with E-state index in [9.17, 15) is 14.4 Å². The molecule has 0 aromatic heterocycles. The third kappa shape index (κ3) is 62.8. The number of unbranched alkanes of at least 4 members (excludes halogenated alkanes) is 29. The summed E-state index contributed by atoms with van der Waals surface area (Å²) in [6.45, 7) is 6.35. The third-order valence-corrected chi connectivity index (χ3v) is 13.8. The van der Waals surface area contributed by atoms with Crippen LogP contribution in [0.2, 0.25) is 0 Å². The molecule has 0 saturated heterocycles. The van der Waals surface area contributed by atoms with Crippen molar-refractivity contribution in [2.24, 2.45) is 0 Å². The van der Waals surface area contributed by atoms with Gasteiger partial charge >= 0.3 is 17.9 Å². The molecule has 0 aliphatic heterocycles. The molecule has 0 spiro atoms. The fourth-order valence-corrected chi connectivity index (χ4v) is 8.99. The summed E-state index contributed by atoms with van der Waals surface area (Å²) in [6.07, 6.45) is 88.6. The number of rotatable bonds is 58. The van der Waals surface area contributed by atoms with Crippen LogP contribution in [-0.2, 0) is 28.6 Å². The van der Waals surface area contributed by atoms with E-state index in [4.69, 9.17) is 14.2 Å². The second kappa shape index (κ2) is 64.6. The molecule has 440 valence electrons. The van der Waals surface area contributed by atoms with Crippen LogP contribution < -0.4 is 0 Å². The van der Waals surface area contributed by atoms with Crippen LogP contribution >= 0.6 is 0 Å². The van der Waals surface area contributed by atoms with E-state index >= 15 is 0 Å². The second-order valence-electron chi connectivity index (χ2n) is 21.3. The van der Waals surface area contributed by atoms with Crippen molar-refractivity contribution in [2.75, 3.05) is 13.2 Å². The first-order valence-electron chi connectivity index (χ1n) is 32.4. The molecule has 6 heteroatoms. The van der Waals surface area contributed by atoms with E-state index in [1.54, 1.807) is 0 Å². The molecule has 1 atom stereocenters. The summed E-state index contributed by atoms with van der Waals surface area (Å²) in [5.41, 5.74) is 0. The molecule has 0 bridgehead atoms. The van der Waals surface area contributed by atoms with Crippen LogP contribution in [-0.4, -0.2) is 37.2 Å². The molecule has 1 unspecified atom stereocenters. The number of carbonyl (C=O) groups is 3. The first-order chi connectivity index (χ1) is 38.0. The van der Waals surface area contributed by atoms with Gasteiger partial charge in [0.05, 0.1) is 0 Å². The molecule has 0 radical (unpaired) electrons. The number of carbonyl (C=O) groups excluding carboxylic acids is 3. The van der Waals surface area contributed by atoms with Gasteiger partial charge in [0.15, 0.2) is 6.10 Å². The normalized spacial score (nSPS) is 12.8. The first-order valence-corrected chi connectivity index (χ1v) is 32.4. The Labute approximate surface area is 476 Å². The predicted molar refractivity (Wildman–Crippen MR) is 334 cm³/mol. The minimum atomic E-state index is -0.777. The van der Waals surface area contributed by atoms with Crippen LogP contribution in [0.3, 0.4) is 0 Å². The van der Waals surface area contributed by atoms with Gasteiger partial charge in [0.2, 0.25) is 0 Å². The van der Waals surface area contributed by atoms with Crippen molar-refractivity contribution in [2.45, 2.75) is 309 Å². The zero-order chi connectivity index (χ0) is 55.7. The summed E-state index contributed by atoms with van der Waals surface area (Å²) < 4.78 is 16.8. The molecule has 0 aromatic carbocycles. The number of ether oxygens (including phenoxy) is 3. The van der Waals surface area contributed by atoms with Crippen molar-refractivity contribution in [3.63, 3.8) is 0 Å². The van der Waals surface area contributed by atoms with Crippen molar-refractivity contribution in [1.82, 2.24) is 0 Å². The largest absolute Gasteiger partial charge is 0.462 e. The van der Waals surface area contributed by atoms with E-state index in [2.05, 4.69) is 130 Å². The SMILES string of the molecule is CC/C=C\C/C=C\C/C=C\C/C=C\C/C=C\CCCCCCCCCCCCCCCC(=O)OCC(COC(=O)CCCCCCC)OC(=O)CCCCCCCCCCCCCC/C=C\C/C=C\C/C=C\C/C=C\CC. The van der Waals surface area contributed by atoms with Gasteiger partial charge in [-0.05, 0) is 103 Å². The maximum atomic E-state index is 12.8. The van der Waals surface area contributed by atoms with Crippen molar-refractivity contribution in [3.8, 4) is 0 Å². The minimum absolute atomic E-state index is 0.0779. The molecule has 0 aliphatic carbocycles. The lowest BCUT2D eigenvalue weighted by Crippen LogP contribution is -2.30. The number of esters is 3. The second-order valence-corrected chi connectivity index (χ2v) is 21.3. The van der Waals surface area contributed by atoms with Crippen molar-refractivity contribution < 1.29 is 28.6 Å². The van der Waals surface area contributed by atoms with Crippen LogP contribution in [0.25, 0.3) is 0 Å². The smallest absolute Gasteiger partial charge is 0.306 e. The van der Waals surface area contributed by atoms with Crippen molar-refractivity contribution in [3.05, 3.63) is 109 Å². The summed E-state index contributed by atoms with van der Waals surface area (Å²) in [6, 6.07) is 0. The zero-order valence-corrected chi connectivity index (χ0v) is 50.4. The molecule has 0 saturated carbocycles. The number of hydrogen-bond donors (Lipinski definition) is 0. The molecule has 0 amide bonds. The highest BCUT2D eigenvalue weighted by molar-refractivity contribution is 5.71. The monoisotopic (exact) mass is 1070 g/mol. The van der Waals surface area contributed by atoms with Crippen LogP contribution in [0.1, 0.15) is 303 Å². The van der Waals surface area contributed by atoms with E-state index in [0.29, 0.717) is 19.3 Å². The quantitative estimate of drug-likeness (QED) is 0.0261. The van der Waals surface area contributed by atoms with Gasteiger partial charge in [-0.2, -0.15) is 0 Å². The highest BCUT2D eigenvalue weighted by atomic mass is 16.6. The van der Waals surface area contributed by atoms with Gasteiger partial charge in [0.1, 0.15) is 13.2 Å². The lowest BCUT2D eigenvalue weighted by Gasteiger charge is -2.18. The van der Waals surface area contributed by atoms with Crippen LogP contribution in [0.5, 0.6) is 0 Å². The van der Waals surface area contributed by atoms with Crippen LogP contribution in [0.4, 0.5) is 0 Å². The topological polar surface area (TPSA) is 78.9 Å². The van der Waals surface area contributed by atoms with Crippen molar-refractivity contribution >= 4 is 17.9 Å². The van der Waals surface area contributed by atoms with E-state index in [1.807, 2.05) is 0 Å². The summed E-state index contributed by atoms with van der Waals surface area (Å²) in [5.74, 6) is -0.887. The molecule has 0 N–H and O–H groups in total. The number of hydrogen-bond acceptors (Lipinski definition) is 6. The Kier molecular flexibility index (Phi) is 61.3. The molecule has 6 nitrogen and oxygen atoms in total. The van der Waals surface area contributed by atoms with E-state index < -0.39 is 6.10 Å². The molecule has 0 heterocycles. The maximum Gasteiger partial charge on any atom is 0.306 e. The predicted octanol–water partition coefficient (Wildman–Crippen LogP) is 22.2. The Morgan fingerprint density at radius 2 is 0.506 bits per heavy atom. The third-order valence-electron chi connectivity index (χ3n) is 13.8. The average molecular weight is 1070 g/mol. The lowest BCUT2D eigenvalue weighted by atomic mass is 10.0. The molecule has 0 aromatic rings. The summed E-state index contributed by atoms with van der Waals surface area (Å²) in [5, 5.41) is 0. The molecule has 0 rings (SSSR count). The van der Waals surface area contributed by atoms with Gasteiger partial charge in [0, 0.05) is 19.3 Å². The highest BCUT2D eigenvalue weighted by Crippen LogP contribution is 2.16. The Bertz CT molecular complexity index is 1560. The lowest BCUT2D eigenvalue weighted by molar-refractivity contribution is -0.167. The van der Waals surface area contributed by atoms with Gasteiger partial charge in [-0.3, -0.25) is 14.4 Å². The summed E-state index contributed by atoms with van der Waals surface area (Å²) in [7, 11) is 0. The molecule has 77 heavy (non-hydrogen) atoms. The average Bonchev–Trinajstić information content (AvgIpc) is 3.43. The Hall–Kier alpha value is -3.93. The Balaban J connectivity index is 4.03. The summed E-state index contributed by atoms with van der Waals surface area (Å²) in [4.78, 5) is 38.0. The minimum Gasteiger partial charge on any atom is -0.462 e. The van der Waals surface area contributed by atoms with Gasteiger partial charge in [-0.15, -0.1) is 0 Å². The fourth-order valence-electron chi connectivity index (χ4n) is 8.99. The van der Waals surface area contributed by atoms with Crippen LogP contribution in [0.15, 0.2) is 109 Å². The fraction of sp³-hybridized carbons (Fsp3) is 0.704. The first kappa shape index (κ1) is 73.1. The summed E-state index contributed by atoms with van der Waals surface area (Å²) >= 11 is 0. The van der Waals surface area contributed by atoms with E-state index in [1.165, 1.54) is 141 Å². The molecule has 0 fully saturated rings. The Morgan fingerprint density at radius 3 is 0.792 bits per heavy atom. The molecular weight excluding hydrogens is 949 g/mol. The van der Waals surface area contributed by atoms with Gasteiger partial charge in [-0.1, -0.05) is 291 Å². The van der Waals surface area contributed by atoms with E-state index in [-0.39, 0.29) is 31.1 Å². The standard InChI is InChI=1S/C71H120O6/c1-4-7-10-13-15-17-19-21-23-25-27-29-31-33-34-35-36-38-39-41-43-45-47-49-51-53-55-58-61-64-70(73)76-67-68(66-75-69(72)63-60-57-12-9-6-3)77-71(74)65-62-59-56-54-52-50-48-46-44-42-40-37-32-30-28-26-24-22-20-18-16-14-11-8-5-2/h7-8,10-11,15-18,21-24,27-30,33-34,68H,4-6,9,12-14,19-20,25-26,31-32,35-67H2,1-3H3/b10-7-,11-8-,17-15-,18-16-,23-21-,24-22-,29-27-,30-28-,34-33-. The van der Waals surface area contributed by atoms with Gasteiger partial charge in [0.25, 0.3) is 0 Å². The molecular formula is C71H120O6. The Morgan fingerprint density at radius 1 is 0.273 bits per heavy atom. The van der Waals surface area contributed by atoms with Crippen LogP contribution in [0, 0.1) is 0 Å². The highest BCUT2D eigenvalue weighted by Gasteiger charge is 2.19. The molecule has 0 aliphatic rings. The number of allylic oxidation sites excluding steroid dienone is 18. The van der Waals surface area contributed by atoms with Gasteiger partial charge in [-0.25, -0.2) is 0 Å². The van der Waals surface area contributed by atoms with Crippen molar-refractivity contribution in [1.29, 1.82) is 0 Å².